The zero-order valence-electron chi connectivity index (χ0n) is 19.6. The van der Waals surface area contributed by atoms with Gasteiger partial charge in [0.15, 0.2) is 23.0 Å². The summed E-state index contributed by atoms with van der Waals surface area (Å²) in [7, 11) is 6.02. The Kier molecular flexibility index (Phi) is 8.34. The van der Waals surface area contributed by atoms with Crippen molar-refractivity contribution in [2.75, 3.05) is 28.4 Å². The van der Waals surface area contributed by atoms with E-state index in [-0.39, 0.29) is 12.1 Å². The average molecular weight is 466 g/mol. The highest BCUT2D eigenvalue weighted by molar-refractivity contribution is 5.63. The maximum absolute atomic E-state index is 11.8. The number of ether oxygens (including phenoxy) is 5. The Bertz CT molecular complexity index is 1130. The smallest absolute Gasteiger partial charge is 0.251 e. The molecule has 34 heavy (non-hydrogen) atoms. The Morgan fingerprint density at radius 2 is 1.44 bits per heavy atom. The Morgan fingerprint density at radius 1 is 0.794 bits per heavy atom. The molecule has 0 aliphatic rings. The molecule has 0 N–H and O–H groups in total. The van der Waals surface area contributed by atoms with Crippen molar-refractivity contribution in [3.05, 3.63) is 93.2 Å². The van der Waals surface area contributed by atoms with Crippen LogP contribution in [0.4, 0.5) is 0 Å². The number of nitrogens with zero attached hydrogens (tertiary/aromatic N) is 1. The zero-order valence-corrected chi connectivity index (χ0v) is 19.6. The second-order valence-electron chi connectivity index (χ2n) is 7.29. The molecule has 0 unspecified atom stereocenters. The molecular formula is C26H27NO7. The minimum Gasteiger partial charge on any atom is -0.493 e. The van der Waals surface area contributed by atoms with Crippen LogP contribution in [0.1, 0.15) is 16.7 Å². The van der Waals surface area contributed by atoms with Gasteiger partial charge >= 0.3 is 0 Å². The van der Waals surface area contributed by atoms with Crippen molar-refractivity contribution in [1.82, 2.24) is 0 Å². The lowest BCUT2D eigenvalue weighted by atomic mass is 10.1. The monoisotopic (exact) mass is 465 g/mol. The average Bonchev–Trinajstić information content (AvgIpc) is 2.87. The van der Waals surface area contributed by atoms with Gasteiger partial charge in [0.05, 0.1) is 39.8 Å². The largest absolute Gasteiger partial charge is 0.493 e. The highest BCUT2D eigenvalue weighted by Gasteiger charge is 2.17. The lowest BCUT2D eigenvalue weighted by molar-refractivity contribution is -0.425. The molecule has 0 fully saturated rings. The van der Waals surface area contributed by atoms with E-state index in [1.54, 1.807) is 30.3 Å². The summed E-state index contributed by atoms with van der Waals surface area (Å²) in [6.07, 6.45) is 1.57. The quantitative estimate of drug-likeness (QED) is 0.285. The summed E-state index contributed by atoms with van der Waals surface area (Å²) in [4.78, 5) is 11.4. The third kappa shape index (κ3) is 5.98. The van der Waals surface area contributed by atoms with Gasteiger partial charge in [-0.3, -0.25) is 10.1 Å². The summed E-state index contributed by atoms with van der Waals surface area (Å²) >= 11 is 0. The Balaban J connectivity index is 1.85. The second-order valence-corrected chi connectivity index (χ2v) is 7.29. The van der Waals surface area contributed by atoms with Gasteiger partial charge in [-0.25, -0.2) is 0 Å². The van der Waals surface area contributed by atoms with Crippen molar-refractivity contribution in [2.24, 2.45) is 0 Å². The van der Waals surface area contributed by atoms with Gasteiger partial charge in [0.2, 0.25) is 5.75 Å². The van der Waals surface area contributed by atoms with Crippen LogP contribution in [0.3, 0.4) is 0 Å². The van der Waals surface area contributed by atoms with Gasteiger partial charge in [0.1, 0.15) is 6.61 Å². The van der Waals surface area contributed by atoms with Crippen molar-refractivity contribution in [3.63, 3.8) is 0 Å². The summed E-state index contributed by atoms with van der Waals surface area (Å²) in [6.45, 7) is 0.387. The maximum atomic E-state index is 11.8. The Labute approximate surface area is 198 Å². The first kappa shape index (κ1) is 24.4. The first-order chi connectivity index (χ1) is 16.5. The van der Waals surface area contributed by atoms with E-state index in [2.05, 4.69) is 0 Å². The van der Waals surface area contributed by atoms with E-state index >= 15 is 0 Å². The van der Waals surface area contributed by atoms with Gasteiger partial charge in [-0.15, -0.1) is 0 Å². The van der Waals surface area contributed by atoms with Gasteiger partial charge in [0, 0.05) is 6.08 Å². The van der Waals surface area contributed by atoms with E-state index < -0.39 is 4.92 Å². The van der Waals surface area contributed by atoms with Crippen molar-refractivity contribution >= 4 is 6.08 Å². The first-order valence-corrected chi connectivity index (χ1v) is 10.5. The van der Waals surface area contributed by atoms with Crippen LogP contribution < -0.4 is 23.7 Å². The van der Waals surface area contributed by atoms with Crippen molar-refractivity contribution in [1.29, 1.82) is 0 Å². The van der Waals surface area contributed by atoms with Crippen LogP contribution in [0.25, 0.3) is 6.08 Å². The molecule has 3 rings (SSSR count). The summed E-state index contributed by atoms with van der Waals surface area (Å²) < 4.78 is 27.3. The van der Waals surface area contributed by atoms with Gasteiger partial charge in [-0.05, 0) is 41.0 Å². The summed E-state index contributed by atoms with van der Waals surface area (Å²) in [5, 5.41) is 11.8. The number of benzene rings is 3. The van der Waals surface area contributed by atoms with E-state index in [4.69, 9.17) is 23.7 Å². The van der Waals surface area contributed by atoms with Gasteiger partial charge < -0.3 is 23.7 Å². The van der Waals surface area contributed by atoms with E-state index in [0.29, 0.717) is 46.5 Å². The molecule has 0 spiro atoms. The van der Waals surface area contributed by atoms with E-state index in [1.807, 2.05) is 30.3 Å². The molecule has 0 atom stereocenters. The van der Waals surface area contributed by atoms with Crippen LogP contribution in [0.15, 0.2) is 66.4 Å². The van der Waals surface area contributed by atoms with Gasteiger partial charge in [-0.2, -0.15) is 0 Å². The fraction of sp³-hybridized carbons (Fsp3) is 0.231. The number of rotatable bonds is 11. The van der Waals surface area contributed by atoms with Crippen LogP contribution >= 0.6 is 0 Å². The van der Waals surface area contributed by atoms with Crippen molar-refractivity contribution < 1.29 is 28.6 Å². The molecule has 0 aliphatic heterocycles. The molecule has 0 saturated carbocycles. The minimum atomic E-state index is -0.407. The molecule has 0 amide bonds. The Morgan fingerprint density at radius 3 is 2.00 bits per heavy atom. The molecule has 0 aromatic heterocycles. The van der Waals surface area contributed by atoms with Crippen LogP contribution in [0.5, 0.6) is 28.7 Å². The number of hydrogen-bond acceptors (Lipinski definition) is 7. The molecule has 3 aromatic carbocycles. The van der Waals surface area contributed by atoms with Crippen LogP contribution in [0, 0.1) is 10.1 Å². The first-order valence-electron chi connectivity index (χ1n) is 10.5. The lowest BCUT2D eigenvalue weighted by Gasteiger charge is -2.13. The Hall–Kier alpha value is -4.20. The molecule has 8 nitrogen and oxygen atoms in total. The fourth-order valence-electron chi connectivity index (χ4n) is 3.43. The zero-order chi connectivity index (χ0) is 24.5. The third-order valence-electron chi connectivity index (χ3n) is 5.11. The molecular weight excluding hydrogens is 438 g/mol. The molecule has 0 radical (unpaired) electrons. The number of nitro groups is 1. The minimum absolute atomic E-state index is 0.00530. The van der Waals surface area contributed by atoms with Crippen molar-refractivity contribution in [2.45, 2.75) is 13.0 Å². The number of allylic oxidation sites excluding steroid dienone is 1. The van der Waals surface area contributed by atoms with Crippen LogP contribution in [-0.2, 0) is 13.0 Å². The number of hydrogen-bond donors (Lipinski definition) is 0. The molecule has 0 saturated heterocycles. The molecule has 8 heteroatoms. The summed E-state index contributed by atoms with van der Waals surface area (Å²) in [6, 6.07) is 18.4. The fourth-order valence-corrected chi connectivity index (χ4v) is 3.43. The van der Waals surface area contributed by atoms with E-state index in [1.165, 1.54) is 34.5 Å². The lowest BCUT2D eigenvalue weighted by Crippen LogP contribution is -2.04. The second kappa shape index (κ2) is 11.6. The SMILES string of the molecule is COc1cc(C/C(=C\c2cc(OC)c(OC)c(OC)c2)[N+](=O)[O-])ccc1OCc1ccccc1. The van der Waals surface area contributed by atoms with Crippen LogP contribution in [0.2, 0.25) is 0 Å². The third-order valence-corrected chi connectivity index (χ3v) is 5.11. The topological polar surface area (TPSA) is 89.3 Å². The molecule has 178 valence electrons. The predicted molar refractivity (Wildman–Crippen MR) is 129 cm³/mol. The van der Waals surface area contributed by atoms with Gasteiger partial charge in [0.25, 0.3) is 5.70 Å². The molecule has 0 bridgehead atoms. The summed E-state index contributed by atoms with van der Waals surface area (Å²) in [5.74, 6) is 2.31. The highest BCUT2D eigenvalue weighted by Crippen LogP contribution is 2.39. The predicted octanol–water partition coefficient (Wildman–Crippen LogP) is 5.16. The normalized spacial score (nSPS) is 11.0. The molecule has 0 aliphatic carbocycles. The van der Waals surface area contributed by atoms with Crippen LogP contribution in [-0.4, -0.2) is 33.4 Å². The molecule has 0 heterocycles. The standard InChI is InChI=1S/C26H27NO7/c1-30-23-14-19(10-11-22(23)34-17-18-8-6-5-7-9-18)12-21(27(28)29)13-20-15-24(31-2)26(33-4)25(16-20)32-3/h5-11,13-16H,12,17H2,1-4H3/b21-13+. The maximum Gasteiger partial charge on any atom is 0.251 e. The van der Waals surface area contributed by atoms with E-state index in [9.17, 15) is 10.1 Å². The number of methoxy groups -OCH3 is 4. The highest BCUT2D eigenvalue weighted by atomic mass is 16.6. The van der Waals surface area contributed by atoms with Gasteiger partial charge in [-0.1, -0.05) is 36.4 Å². The molecule has 3 aromatic rings. The summed E-state index contributed by atoms with van der Waals surface area (Å²) in [5.41, 5.74) is 2.28. The van der Waals surface area contributed by atoms with E-state index in [0.717, 1.165) is 5.56 Å². The van der Waals surface area contributed by atoms with Crippen molar-refractivity contribution in [3.8, 4) is 28.7 Å².